The number of halogens is 1. The molecule has 0 aliphatic carbocycles. The molecule has 0 fully saturated rings. The standard InChI is InChI=1S/C18H18N4S2.BrH/c19-17(20)23-9-13-5-1-3-11-7-8-12-4-2-6-14(10-24-18(21)22)16(12)15(11)13;/h1-8H,9-10H2,(H3,19,20)(H3,21,22);1H. The van der Waals surface area contributed by atoms with Gasteiger partial charge in [-0.2, -0.15) is 0 Å². The van der Waals surface area contributed by atoms with Crippen LogP contribution in [-0.4, -0.2) is 10.3 Å². The van der Waals surface area contributed by atoms with E-state index in [1.54, 1.807) is 0 Å². The van der Waals surface area contributed by atoms with Crippen LogP contribution in [0.2, 0.25) is 0 Å². The minimum absolute atomic E-state index is 0. The van der Waals surface area contributed by atoms with E-state index in [0.29, 0.717) is 11.5 Å². The highest BCUT2D eigenvalue weighted by Crippen LogP contribution is 2.34. The van der Waals surface area contributed by atoms with Crippen LogP contribution in [0.3, 0.4) is 0 Å². The maximum absolute atomic E-state index is 7.47. The van der Waals surface area contributed by atoms with Gasteiger partial charge in [0.25, 0.3) is 0 Å². The van der Waals surface area contributed by atoms with Crippen molar-refractivity contribution >= 4 is 72.4 Å². The lowest BCUT2D eigenvalue weighted by Crippen LogP contribution is -2.04. The van der Waals surface area contributed by atoms with Crippen LogP contribution in [0.15, 0.2) is 48.5 Å². The molecule has 3 aromatic carbocycles. The maximum atomic E-state index is 7.47. The van der Waals surface area contributed by atoms with Crippen LogP contribution in [-0.2, 0) is 11.5 Å². The molecule has 0 heterocycles. The van der Waals surface area contributed by atoms with E-state index in [0.717, 1.165) is 0 Å². The van der Waals surface area contributed by atoms with Gasteiger partial charge in [0, 0.05) is 11.5 Å². The second-order valence-electron chi connectivity index (χ2n) is 5.40. The van der Waals surface area contributed by atoms with Crippen LogP contribution in [0.5, 0.6) is 0 Å². The van der Waals surface area contributed by atoms with Gasteiger partial charge in [0.2, 0.25) is 0 Å². The molecule has 0 spiro atoms. The summed E-state index contributed by atoms with van der Waals surface area (Å²) in [5.74, 6) is 1.33. The lowest BCUT2D eigenvalue weighted by atomic mass is 9.95. The molecule has 130 valence electrons. The van der Waals surface area contributed by atoms with Crippen molar-refractivity contribution in [1.29, 1.82) is 10.8 Å². The second-order valence-corrected chi connectivity index (χ2v) is 7.44. The van der Waals surface area contributed by atoms with Crippen LogP contribution < -0.4 is 11.5 Å². The van der Waals surface area contributed by atoms with Crippen LogP contribution in [0, 0.1) is 10.8 Å². The van der Waals surface area contributed by atoms with Gasteiger partial charge in [0.15, 0.2) is 10.3 Å². The van der Waals surface area contributed by atoms with Crippen molar-refractivity contribution in [3.05, 3.63) is 59.7 Å². The van der Waals surface area contributed by atoms with E-state index in [9.17, 15) is 0 Å². The smallest absolute Gasteiger partial charge is 0.151 e. The highest BCUT2D eigenvalue weighted by molar-refractivity contribution is 8.93. The fraction of sp³-hybridized carbons (Fsp3) is 0.111. The van der Waals surface area contributed by atoms with Gasteiger partial charge >= 0.3 is 0 Å². The molecule has 0 amide bonds. The zero-order valence-corrected chi connectivity index (χ0v) is 16.8. The first-order valence-corrected chi connectivity index (χ1v) is 9.39. The van der Waals surface area contributed by atoms with E-state index in [1.807, 2.05) is 12.1 Å². The van der Waals surface area contributed by atoms with Crippen LogP contribution >= 0.6 is 40.5 Å². The Morgan fingerprint density at radius 2 is 1.12 bits per heavy atom. The van der Waals surface area contributed by atoms with Crippen molar-refractivity contribution in [3.8, 4) is 0 Å². The highest BCUT2D eigenvalue weighted by Gasteiger charge is 2.10. The van der Waals surface area contributed by atoms with E-state index in [2.05, 4.69) is 36.4 Å². The van der Waals surface area contributed by atoms with Crippen molar-refractivity contribution in [3.63, 3.8) is 0 Å². The number of nitrogens with two attached hydrogens (primary N) is 2. The summed E-state index contributed by atoms with van der Waals surface area (Å²) in [6.45, 7) is 0. The first-order chi connectivity index (χ1) is 11.6. The Bertz CT molecular complexity index is 866. The molecule has 0 bridgehead atoms. The summed E-state index contributed by atoms with van der Waals surface area (Å²) >= 11 is 2.67. The average molecular weight is 435 g/mol. The average Bonchev–Trinajstić information content (AvgIpc) is 2.57. The number of fused-ring (bicyclic) bond motifs is 3. The van der Waals surface area contributed by atoms with Crippen LogP contribution in [0.1, 0.15) is 11.1 Å². The molecule has 0 aliphatic rings. The van der Waals surface area contributed by atoms with E-state index >= 15 is 0 Å². The predicted molar refractivity (Wildman–Crippen MR) is 118 cm³/mol. The van der Waals surface area contributed by atoms with Crippen molar-refractivity contribution in [1.82, 2.24) is 0 Å². The molecule has 3 aromatic rings. The summed E-state index contributed by atoms with van der Waals surface area (Å²) < 4.78 is 0. The Labute approximate surface area is 165 Å². The molecule has 4 nitrogen and oxygen atoms in total. The summed E-state index contributed by atoms with van der Waals surface area (Å²) in [5.41, 5.74) is 13.4. The Morgan fingerprint density at radius 3 is 1.48 bits per heavy atom. The Morgan fingerprint density at radius 1 is 0.720 bits per heavy atom. The van der Waals surface area contributed by atoms with Gasteiger partial charge in [-0.1, -0.05) is 72.1 Å². The normalized spacial score (nSPS) is 10.6. The number of thioether (sulfide) groups is 2. The molecule has 0 saturated heterocycles. The first kappa shape index (κ1) is 19.6. The Hall–Kier alpha value is -1.70. The van der Waals surface area contributed by atoms with Crippen LogP contribution in [0.4, 0.5) is 0 Å². The van der Waals surface area contributed by atoms with Crippen molar-refractivity contribution in [2.45, 2.75) is 11.5 Å². The minimum atomic E-state index is 0. The summed E-state index contributed by atoms with van der Waals surface area (Å²) in [7, 11) is 0. The second kappa shape index (κ2) is 8.60. The zero-order chi connectivity index (χ0) is 17.1. The lowest BCUT2D eigenvalue weighted by molar-refractivity contribution is 1.44. The van der Waals surface area contributed by atoms with Gasteiger partial charge in [0.05, 0.1) is 0 Å². The maximum Gasteiger partial charge on any atom is 0.151 e. The van der Waals surface area contributed by atoms with Gasteiger partial charge in [-0.25, -0.2) is 0 Å². The SMILES string of the molecule is Br.N=C(N)SCc1cccc2ccc3cccc(CSC(=N)N)c3c12. The molecule has 0 aromatic heterocycles. The third-order valence-electron chi connectivity index (χ3n) is 3.82. The zero-order valence-electron chi connectivity index (χ0n) is 13.4. The van der Waals surface area contributed by atoms with Crippen molar-refractivity contribution in [2.24, 2.45) is 11.5 Å². The summed E-state index contributed by atoms with van der Waals surface area (Å²) in [4.78, 5) is 0. The molecule has 0 unspecified atom stereocenters. The quantitative estimate of drug-likeness (QED) is 0.268. The topological polar surface area (TPSA) is 99.7 Å². The van der Waals surface area contributed by atoms with E-state index in [1.165, 1.54) is 56.2 Å². The molecule has 3 rings (SSSR count). The molecule has 0 radical (unpaired) electrons. The fourth-order valence-corrected chi connectivity index (χ4v) is 3.96. The number of hydrogen-bond donors (Lipinski definition) is 4. The number of benzene rings is 3. The minimum Gasteiger partial charge on any atom is -0.379 e. The Balaban J connectivity index is 0.00000225. The molecule has 25 heavy (non-hydrogen) atoms. The number of rotatable bonds is 4. The molecular weight excluding hydrogens is 416 g/mol. The van der Waals surface area contributed by atoms with Gasteiger partial charge in [-0.05, 0) is 32.7 Å². The van der Waals surface area contributed by atoms with E-state index in [4.69, 9.17) is 22.3 Å². The molecule has 0 atom stereocenters. The monoisotopic (exact) mass is 434 g/mol. The van der Waals surface area contributed by atoms with Gasteiger partial charge in [-0.3, -0.25) is 10.8 Å². The predicted octanol–water partition coefficient (Wildman–Crippen LogP) is 4.82. The molecule has 6 N–H and O–H groups in total. The Kier molecular flexibility index (Phi) is 6.75. The van der Waals surface area contributed by atoms with E-state index in [-0.39, 0.29) is 27.3 Å². The fourth-order valence-electron chi connectivity index (χ4n) is 2.86. The van der Waals surface area contributed by atoms with E-state index < -0.39 is 0 Å². The number of nitrogens with one attached hydrogen (secondary N) is 2. The van der Waals surface area contributed by atoms with Crippen LogP contribution in [0.25, 0.3) is 21.5 Å². The molecule has 0 aliphatic heterocycles. The molecular formula is C18H19BrN4S2. The number of amidine groups is 2. The molecule has 0 saturated carbocycles. The lowest BCUT2D eigenvalue weighted by Gasteiger charge is -2.13. The largest absolute Gasteiger partial charge is 0.379 e. The third kappa shape index (κ3) is 4.48. The molecule has 7 heteroatoms. The number of hydrogen-bond acceptors (Lipinski definition) is 4. The summed E-state index contributed by atoms with van der Waals surface area (Å²) in [6.07, 6.45) is 0. The van der Waals surface area contributed by atoms with Gasteiger partial charge in [0.1, 0.15) is 0 Å². The van der Waals surface area contributed by atoms with Crippen molar-refractivity contribution < 1.29 is 0 Å². The summed E-state index contributed by atoms with van der Waals surface area (Å²) in [5, 5.41) is 19.9. The van der Waals surface area contributed by atoms with Crippen molar-refractivity contribution in [2.75, 3.05) is 0 Å². The third-order valence-corrected chi connectivity index (χ3v) is 5.36. The first-order valence-electron chi connectivity index (χ1n) is 7.42. The summed E-state index contributed by atoms with van der Waals surface area (Å²) in [6, 6.07) is 16.7. The highest BCUT2D eigenvalue weighted by atomic mass is 79.9. The van der Waals surface area contributed by atoms with Gasteiger partial charge < -0.3 is 11.5 Å². The van der Waals surface area contributed by atoms with Gasteiger partial charge in [-0.15, -0.1) is 17.0 Å².